The lowest BCUT2D eigenvalue weighted by atomic mass is 10.1. The van der Waals surface area contributed by atoms with E-state index in [4.69, 9.17) is 9.72 Å². The highest BCUT2D eigenvalue weighted by molar-refractivity contribution is 5.90. The molecule has 1 aromatic heterocycles. The van der Waals surface area contributed by atoms with Gasteiger partial charge in [-0.05, 0) is 32.4 Å². The molecule has 3 heterocycles. The second kappa shape index (κ2) is 8.87. The predicted molar refractivity (Wildman–Crippen MR) is 119 cm³/mol. The van der Waals surface area contributed by atoms with Crippen LogP contribution in [-0.2, 0) is 4.74 Å². The molecular weight excluding hydrogens is 380 g/mol. The first-order valence-electron chi connectivity index (χ1n) is 10.6. The average molecular weight is 411 g/mol. The zero-order chi connectivity index (χ0) is 21.1. The molecule has 1 aromatic carbocycles. The Hall–Kier alpha value is -2.87. The van der Waals surface area contributed by atoms with Gasteiger partial charge >= 0.3 is 6.03 Å². The normalized spacial score (nSPS) is 17.2. The van der Waals surface area contributed by atoms with E-state index in [0.717, 1.165) is 54.9 Å². The van der Waals surface area contributed by atoms with Crippen molar-refractivity contribution in [2.75, 3.05) is 67.6 Å². The SMILES string of the molecule is Cc1ccc(NC(=O)N2CCN(c3cc(C)nc(N4CCOCC4)n3)CC2)c(C)c1. The van der Waals surface area contributed by atoms with Gasteiger partial charge in [0, 0.05) is 56.7 Å². The topological polar surface area (TPSA) is 73.8 Å². The first-order chi connectivity index (χ1) is 14.5. The van der Waals surface area contributed by atoms with Crippen LogP contribution in [0.25, 0.3) is 0 Å². The van der Waals surface area contributed by atoms with E-state index in [2.05, 4.69) is 33.1 Å². The molecule has 0 radical (unpaired) electrons. The van der Waals surface area contributed by atoms with Gasteiger partial charge in [0.2, 0.25) is 5.95 Å². The van der Waals surface area contributed by atoms with Crippen LogP contribution in [0.3, 0.4) is 0 Å². The fourth-order valence-corrected chi connectivity index (χ4v) is 3.89. The monoisotopic (exact) mass is 410 g/mol. The number of rotatable bonds is 3. The van der Waals surface area contributed by atoms with Gasteiger partial charge in [-0.3, -0.25) is 0 Å². The molecule has 0 aliphatic carbocycles. The summed E-state index contributed by atoms with van der Waals surface area (Å²) in [4.78, 5) is 28.4. The van der Waals surface area contributed by atoms with E-state index in [1.54, 1.807) is 0 Å². The maximum atomic E-state index is 12.7. The standard InChI is InChI=1S/C22H30N6O2/c1-16-4-5-19(17(2)14-16)24-22(29)28-8-6-26(7-9-28)20-15-18(3)23-21(25-20)27-10-12-30-13-11-27/h4-5,14-15H,6-13H2,1-3H3,(H,24,29). The van der Waals surface area contributed by atoms with Gasteiger partial charge in [-0.2, -0.15) is 4.98 Å². The minimum Gasteiger partial charge on any atom is -0.378 e. The third-order valence-electron chi connectivity index (χ3n) is 5.64. The van der Waals surface area contributed by atoms with Crippen molar-refractivity contribution in [2.24, 2.45) is 0 Å². The number of ether oxygens (including phenoxy) is 1. The van der Waals surface area contributed by atoms with Gasteiger partial charge in [-0.25, -0.2) is 9.78 Å². The lowest BCUT2D eigenvalue weighted by Gasteiger charge is -2.36. The number of nitrogens with zero attached hydrogens (tertiary/aromatic N) is 5. The first kappa shape index (κ1) is 20.4. The van der Waals surface area contributed by atoms with E-state index in [-0.39, 0.29) is 6.03 Å². The van der Waals surface area contributed by atoms with Crippen LogP contribution in [0, 0.1) is 20.8 Å². The minimum absolute atomic E-state index is 0.0468. The van der Waals surface area contributed by atoms with E-state index >= 15 is 0 Å². The average Bonchev–Trinajstić information content (AvgIpc) is 2.76. The number of urea groups is 1. The van der Waals surface area contributed by atoms with Gasteiger partial charge < -0.3 is 24.8 Å². The molecule has 0 saturated carbocycles. The van der Waals surface area contributed by atoms with Crippen LogP contribution in [0.15, 0.2) is 24.3 Å². The smallest absolute Gasteiger partial charge is 0.321 e. The third kappa shape index (κ3) is 4.64. The lowest BCUT2D eigenvalue weighted by molar-refractivity contribution is 0.122. The van der Waals surface area contributed by atoms with Crippen LogP contribution in [0.5, 0.6) is 0 Å². The number of morpholine rings is 1. The zero-order valence-corrected chi connectivity index (χ0v) is 18.0. The Kier molecular flexibility index (Phi) is 6.03. The first-order valence-corrected chi connectivity index (χ1v) is 10.6. The second-order valence-corrected chi connectivity index (χ2v) is 7.99. The highest BCUT2D eigenvalue weighted by Gasteiger charge is 2.24. The van der Waals surface area contributed by atoms with Crippen LogP contribution in [0.2, 0.25) is 0 Å². The van der Waals surface area contributed by atoms with Crippen molar-refractivity contribution in [1.29, 1.82) is 0 Å². The number of piperazine rings is 1. The summed E-state index contributed by atoms with van der Waals surface area (Å²) in [5.74, 6) is 1.70. The highest BCUT2D eigenvalue weighted by atomic mass is 16.5. The Balaban J connectivity index is 1.38. The largest absolute Gasteiger partial charge is 0.378 e. The Labute approximate surface area is 177 Å². The van der Waals surface area contributed by atoms with Gasteiger partial charge in [0.25, 0.3) is 0 Å². The van der Waals surface area contributed by atoms with E-state index < -0.39 is 0 Å². The molecule has 2 aliphatic heterocycles. The van der Waals surface area contributed by atoms with Gasteiger partial charge in [-0.15, -0.1) is 0 Å². The number of hydrogen-bond acceptors (Lipinski definition) is 6. The molecule has 1 N–H and O–H groups in total. The Morgan fingerprint density at radius 2 is 1.67 bits per heavy atom. The Bertz CT molecular complexity index is 904. The second-order valence-electron chi connectivity index (χ2n) is 7.99. The molecule has 0 spiro atoms. The third-order valence-corrected chi connectivity index (χ3v) is 5.64. The molecule has 8 heteroatoms. The summed E-state index contributed by atoms with van der Waals surface area (Å²) in [6, 6.07) is 8.04. The predicted octanol–water partition coefficient (Wildman–Crippen LogP) is 2.59. The number of nitrogens with one attached hydrogen (secondary N) is 1. The zero-order valence-electron chi connectivity index (χ0n) is 18.0. The van der Waals surface area contributed by atoms with Crippen molar-refractivity contribution >= 4 is 23.5 Å². The summed E-state index contributed by atoms with van der Waals surface area (Å²) < 4.78 is 5.44. The quantitative estimate of drug-likeness (QED) is 0.839. The van der Waals surface area contributed by atoms with Gasteiger partial charge in [0.05, 0.1) is 13.2 Å². The summed E-state index contributed by atoms with van der Waals surface area (Å²) in [6.45, 7) is 11.9. The summed E-state index contributed by atoms with van der Waals surface area (Å²) in [7, 11) is 0. The van der Waals surface area contributed by atoms with Crippen molar-refractivity contribution in [3.8, 4) is 0 Å². The highest BCUT2D eigenvalue weighted by Crippen LogP contribution is 2.21. The van der Waals surface area contributed by atoms with Crippen LogP contribution in [0.1, 0.15) is 16.8 Å². The van der Waals surface area contributed by atoms with Crippen LogP contribution >= 0.6 is 0 Å². The molecule has 0 atom stereocenters. The molecule has 2 aliphatic rings. The van der Waals surface area contributed by atoms with Crippen LogP contribution in [-0.4, -0.2) is 73.4 Å². The molecule has 8 nitrogen and oxygen atoms in total. The van der Waals surface area contributed by atoms with Crippen molar-refractivity contribution in [3.63, 3.8) is 0 Å². The summed E-state index contributed by atoms with van der Waals surface area (Å²) >= 11 is 0. The number of amides is 2. The molecule has 4 rings (SSSR count). The molecule has 0 unspecified atom stereocenters. The molecule has 0 bridgehead atoms. The molecule has 30 heavy (non-hydrogen) atoms. The van der Waals surface area contributed by atoms with Crippen molar-refractivity contribution in [2.45, 2.75) is 20.8 Å². The maximum absolute atomic E-state index is 12.7. The maximum Gasteiger partial charge on any atom is 0.321 e. The molecular formula is C22H30N6O2. The van der Waals surface area contributed by atoms with Crippen molar-refractivity contribution in [3.05, 3.63) is 41.1 Å². The number of hydrogen-bond donors (Lipinski definition) is 1. The summed E-state index contributed by atoms with van der Waals surface area (Å²) in [5, 5.41) is 3.05. The molecule has 2 amide bonds. The number of benzene rings is 1. The van der Waals surface area contributed by atoms with E-state index in [0.29, 0.717) is 26.3 Å². The number of carbonyl (C=O) groups is 1. The summed E-state index contributed by atoms with van der Waals surface area (Å²) in [5.41, 5.74) is 4.09. The Morgan fingerprint density at radius 1 is 0.933 bits per heavy atom. The molecule has 160 valence electrons. The van der Waals surface area contributed by atoms with Crippen LogP contribution in [0.4, 0.5) is 22.2 Å². The van der Waals surface area contributed by atoms with Gasteiger partial charge in [-0.1, -0.05) is 17.7 Å². The fraction of sp³-hybridized carbons (Fsp3) is 0.500. The molecule has 2 fully saturated rings. The number of carbonyl (C=O) groups excluding carboxylic acids is 1. The van der Waals surface area contributed by atoms with Gasteiger partial charge in [0.15, 0.2) is 0 Å². The van der Waals surface area contributed by atoms with Crippen LogP contribution < -0.4 is 15.1 Å². The summed E-state index contributed by atoms with van der Waals surface area (Å²) in [6.07, 6.45) is 0. The van der Waals surface area contributed by atoms with E-state index in [1.807, 2.05) is 36.9 Å². The van der Waals surface area contributed by atoms with E-state index in [1.165, 1.54) is 5.56 Å². The fourth-order valence-electron chi connectivity index (χ4n) is 3.89. The number of anilines is 3. The van der Waals surface area contributed by atoms with E-state index in [9.17, 15) is 4.79 Å². The van der Waals surface area contributed by atoms with Gasteiger partial charge in [0.1, 0.15) is 5.82 Å². The molecule has 2 aromatic rings. The minimum atomic E-state index is -0.0468. The number of aryl methyl sites for hydroxylation is 3. The Morgan fingerprint density at radius 3 is 2.37 bits per heavy atom. The molecule has 2 saturated heterocycles. The lowest BCUT2D eigenvalue weighted by Crippen LogP contribution is -2.50. The number of aromatic nitrogens is 2. The van der Waals surface area contributed by atoms with Crippen molar-refractivity contribution in [1.82, 2.24) is 14.9 Å². The van der Waals surface area contributed by atoms with Crippen molar-refractivity contribution < 1.29 is 9.53 Å².